The molecular formula is C18H21N3O2. The number of benzene rings is 1. The molecule has 23 heavy (non-hydrogen) atoms. The van der Waals surface area contributed by atoms with Crippen molar-refractivity contribution in [3.05, 3.63) is 66.0 Å². The molecule has 0 aliphatic rings. The molecule has 1 N–H and O–H groups in total. The molecule has 0 aliphatic heterocycles. The first kappa shape index (κ1) is 16.7. The quantitative estimate of drug-likeness (QED) is 0.859. The van der Waals surface area contributed by atoms with E-state index in [0.29, 0.717) is 13.0 Å². The summed E-state index contributed by atoms with van der Waals surface area (Å²) < 4.78 is 0. The van der Waals surface area contributed by atoms with Crippen molar-refractivity contribution in [2.24, 2.45) is 0 Å². The fourth-order valence-electron chi connectivity index (χ4n) is 2.20. The molecule has 2 amide bonds. The smallest absolute Gasteiger partial charge is 0.311 e. The lowest BCUT2D eigenvalue weighted by molar-refractivity contribution is -0.145. The predicted octanol–water partition coefficient (Wildman–Crippen LogP) is 1.96. The van der Waals surface area contributed by atoms with E-state index in [1.165, 1.54) is 4.90 Å². The molecule has 1 heterocycles. The summed E-state index contributed by atoms with van der Waals surface area (Å²) in [6, 6.07) is 13.1. The molecule has 1 aromatic carbocycles. The number of carbonyl (C=O) groups excluding carboxylic acids is 2. The standard InChI is InChI=1S/C18H21N3O2/c1-14(16-6-4-3-5-7-16)20-17(22)18(23)21(2)13-10-15-8-11-19-12-9-15/h3-9,11-12,14H,10,13H2,1-2H3,(H,20,22). The molecule has 1 atom stereocenters. The van der Waals surface area contributed by atoms with Crippen molar-refractivity contribution in [1.29, 1.82) is 0 Å². The predicted molar refractivity (Wildman–Crippen MR) is 88.6 cm³/mol. The fourth-order valence-corrected chi connectivity index (χ4v) is 2.20. The normalized spacial score (nSPS) is 11.6. The molecule has 0 saturated carbocycles. The minimum Gasteiger partial charge on any atom is -0.341 e. The van der Waals surface area contributed by atoms with Crippen LogP contribution in [0.3, 0.4) is 0 Å². The number of hydrogen-bond donors (Lipinski definition) is 1. The lowest BCUT2D eigenvalue weighted by atomic mass is 10.1. The molecule has 120 valence electrons. The van der Waals surface area contributed by atoms with E-state index in [1.54, 1.807) is 19.4 Å². The van der Waals surface area contributed by atoms with Crippen molar-refractivity contribution in [3.8, 4) is 0 Å². The summed E-state index contributed by atoms with van der Waals surface area (Å²) in [6.07, 6.45) is 4.11. The maximum absolute atomic E-state index is 12.1. The summed E-state index contributed by atoms with van der Waals surface area (Å²) in [6.45, 7) is 2.34. The lowest BCUT2D eigenvalue weighted by Gasteiger charge is -2.19. The Morgan fingerprint density at radius 3 is 2.43 bits per heavy atom. The Balaban J connectivity index is 1.85. The van der Waals surface area contributed by atoms with Gasteiger partial charge in [-0.15, -0.1) is 0 Å². The van der Waals surface area contributed by atoms with E-state index in [-0.39, 0.29) is 6.04 Å². The third-order valence-corrected chi connectivity index (χ3v) is 3.67. The van der Waals surface area contributed by atoms with Crippen LogP contribution in [0.1, 0.15) is 24.1 Å². The van der Waals surface area contributed by atoms with Crippen LogP contribution in [-0.2, 0) is 16.0 Å². The van der Waals surface area contributed by atoms with Crippen LogP contribution in [0.4, 0.5) is 0 Å². The number of amides is 2. The first-order chi connectivity index (χ1) is 11.1. The van der Waals surface area contributed by atoms with Crippen LogP contribution in [0, 0.1) is 0 Å². The molecular weight excluding hydrogens is 290 g/mol. The van der Waals surface area contributed by atoms with E-state index >= 15 is 0 Å². The lowest BCUT2D eigenvalue weighted by Crippen LogP contribution is -2.42. The molecule has 2 rings (SSSR count). The third kappa shape index (κ3) is 4.92. The highest BCUT2D eigenvalue weighted by atomic mass is 16.2. The number of aromatic nitrogens is 1. The topological polar surface area (TPSA) is 62.3 Å². The average Bonchev–Trinajstić information content (AvgIpc) is 2.60. The summed E-state index contributed by atoms with van der Waals surface area (Å²) in [7, 11) is 1.64. The number of carbonyl (C=O) groups is 2. The van der Waals surface area contributed by atoms with Gasteiger partial charge in [0, 0.05) is 26.0 Å². The van der Waals surface area contributed by atoms with E-state index in [9.17, 15) is 9.59 Å². The van der Waals surface area contributed by atoms with Crippen LogP contribution < -0.4 is 5.32 Å². The van der Waals surface area contributed by atoms with Gasteiger partial charge in [0.15, 0.2) is 0 Å². The molecule has 0 bridgehead atoms. The average molecular weight is 311 g/mol. The van der Waals surface area contributed by atoms with Crippen LogP contribution in [0.15, 0.2) is 54.9 Å². The number of nitrogens with one attached hydrogen (secondary N) is 1. The summed E-state index contributed by atoms with van der Waals surface area (Å²) in [5, 5.41) is 2.73. The van der Waals surface area contributed by atoms with E-state index in [2.05, 4.69) is 10.3 Å². The molecule has 1 unspecified atom stereocenters. The van der Waals surface area contributed by atoms with Gasteiger partial charge in [0.05, 0.1) is 6.04 Å². The number of nitrogens with zero attached hydrogens (tertiary/aromatic N) is 2. The maximum atomic E-state index is 12.1. The van der Waals surface area contributed by atoms with Gasteiger partial charge < -0.3 is 10.2 Å². The van der Waals surface area contributed by atoms with Crippen LogP contribution in [0.5, 0.6) is 0 Å². The second-order valence-electron chi connectivity index (χ2n) is 5.44. The largest absolute Gasteiger partial charge is 0.341 e. The summed E-state index contributed by atoms with van der Waals surface area (Å²) in [5.74, 6) is -1.11. The second-order valence-corrected chi connectivity index (χ2v) is 5.44. The zero-order valence-electron chi connectivity index (χ0n) is 13.4. The molecule has 0 spiro atoms. The first-order valence-corrected chi connectivity index (χ1v) is 7.57. The summed E-state index contributed by atoms with van der Waals surface area (Å²) >= 11 is 0. The van der Waals surface area contributed by atoms with Gasteiger partial charge in [-0.1, -0.05) is 30.3 Å². The van der Waals surface area contributed by atoms with Gasteiger partial charge >= 0.3 is 11.8 Å². The Morgan fingerprint density at radius 1 is 1.13 bits per heavy atom. The molecule has 2 aromatic rings. The minimum atomic E-state index is -0.585. The van der Waals surface area contributed by atoms with Crippen molar-refractivity contribution in [2.75, 3.05) is 13.6 Å². The van der Waals surface area contributed by atoms with Gasteiger partial charge in [0.25, 0.3) is 0 Å². The minimum absolute atomic E-state index is 0.207. The SMILES string of the molecule is CC(NC(=O)C(=O)N(C)CCc1ccncc1)c1ccccc1. The number of hydrogen-bond acceptors (Lipinski definition) is 3. The van der Waals surface area contributed by atoms with Crippen LogP contribution in [0.2, 0.25) is 0 Å². The molecule has 0 aliphatic carbocycles. The molecule has 1 aromatic heterocycles. The molecule has 5 heteroatoms. The Morgan fingerprint density at radius 2 is 1.78 bits per heavy atom. The van der Waals surface area contributed by atoms with Gasteiger partial charge in [0.1, 0.15) is 0 Å². The highest BCUT2D eigenvalue weighted by molar-refractivity contribution is 6.35. The Labute approximate surface area is 136 Å². The highest BCUT2D eigenvalue weighted by Gasteiger charge is 2.20. The van der Waals surface area contributed by atoms with Gasteiger partial charge in [0.2, 0.25) is 0 Å². The van der Waals surface area contributed by atoms with Crippen molar-refractivity contribution in [1.82, 2.24) is 15.2 Å². The van der Waals surface area contributed by atoms with Crippen LogP contribution >= 0.6 is 0 Å². The van der Waals surface area contributed by atoms with Crippen molar-refractivity contribution in [3.63, 3.8) is 0 Å². The second kappa shape index (κ2) is 8.08. The summed E-state index contributed by atoms with van der Waals surface area (Å²) in [5.41, 5.74) is 2.05. The van der Waals surface area contributed by atoms with Crippen molar-refractivity contribution < 1.29 is 9.59 Å². The Kier molecular flexibility index (Phi) is 5.86. The van der Waals surface area contributed by atoms with Gasteiger partial charge in [-0.25, -0.2) is 0 Å². The number of rotatable bonds is 5. The van der Waals surface area contributed by atoms with E-state index in [0.717, 1.165) is 11.1 Å². The number of pyridine rings is 1. The van der Waals surface area contributed by atoms with E-state index in [4.69, 9.17) is 0 Å². The van der Waals surface area contributed by atoms with Crippen molar-refractivity contribution in [2.45, 2.75) is 19.4 Å². The van der Waals surface area contributed by atoms with E-state index < -0.39 is 11.8 Å². The molecule has 5 nitrogen and oxygen atoms in total. The van der Waals surface area contributed by atoms with Gasteiger partial charge in [-0.2, -0.15) is 0 Å². The van der Waals surface area contributed by atoms with Gasteiger partial charge in [-0.3, -0.25) is 14.6 Å². The molecule has 0 radical (unpaired) electrons. The van der Waals surface area contributed by atoms with Crippen LogP contribution in [-0.4, -0.2) is 35.3 Å². The zero-order chi connectivity index (χ0) is 16.7. The third-order valence-electron chi connectivity index (χ3n) is 3.67. The first-order valence-electron chi connectivity index (χ1n) is 7.57. The number of likely N-dealkylation sites (N-methyl/N-ethyl adjacent to an activating group) is 1. The fraction of sp³-hybridized carbons (Fsp3) is 0.278. The van der Waals surface area contributed by atoms with Crippen LogP contribution in [0.25, 0.3) is 0 Å². The maximum Gasteiger partial charge on any atom is 0.311 e. The Bertz CT molecular complexity index is 644. The monoisotopic (exact) mass is 311 g/mol. The summed E-state index contributed by atoms with van der Waals surface area (Å²) in [4.78, 5) is 29.6. The van der Waals surface area contributed by atoms with Crippen molar-refractivity contribution >= 4 is 11.8 Å². The molecule has 0 fully saturated rings. The molecule has 0 saturated heterocycles. The Hall–Kier alpha value is -2.69. The zero-order valence-corrected chi connectivity index (χ0v) is 13.4. The van der Waals surface area contributed by atoms with Gasteiger partial charge in [-0.05, 0) is 36.6 Å². The highest BCUT2D eigenvalue weighted by Crippen LogP contribution is 2.11. The van der Waals surface area contributed by atoms with E-state index in [1.807, 2.05) is 49.4 Å².